The van der Waals surface area contributed by atoms with Crippen molar-refractivity contribution in [3.63, 3.8) is 0 Å². The summed E-state index contributed by atoms with van der Waals surface area (Å²) in [5.41, 5.74) is 0. The molecule has 0 aliphatic heterocycles. The molecule has 1 atom stereocenters. The molecule has 0 saturated carbocycles. The van der Waals surface area contributed by atoms with Crippen molar-refractivity contribution in [1.29, 1.82) is 0 Å². The minimum Gasteiger partial charge on any atom is -0.396 e. The molecule has 0 saturated heterocycles. The van der Waals surface area contributed by atoms with Gasteiger partial charge in [-0.25, -0.2) is 0 Å². The van der Waals surface area contributed by atoms with Gasteiger partial charge in [0.05, 0.1) is 6.67 Å². The lowest BCUT2D eigenvalue weighted by atomic mass is 9.95. The average Bonchev–Trinajstić information content (AvgIpc) is 2.40. The van der Waals surface area contributed by atoms with E-state index in [1.807, 2.05) is 0 Å². The molecule has 0 heterocycles. The van der Waals surface area contributed by atoms with Crippen LogP contribution >= 0.6 is 0 Å². The minimum absolute atomic E-state index is 0.162. The van der Waals surface area contributed by atoms with Crippen molar-refractivity contribution >= 4 is 0 Å². The Balaban J connectivity index is 3.27. The maximum Gasteiger partial charge on any atom is 0.0894 e. The number of alkyl halides is 1. The molecule has 1 unspecified atom stereocenters. The Morgan fingerprint density at radius 1 is 0.778 bits per heavy atom. The van der Waals surface area contributed by atoms with Crippen molar-refractivity contribution < 1.29 is 9.50 Å². The molecular weight excluding hydrogens is 227 g/mol. The first-order valence-electron chi connectivity index (χ1n) is 8.02. The maximum absolute atomic E-state index is 11.9. The summed E-state index contributed by atoms with van der Waals surface area (Å²) in [6, 6.07) is 0. The molecule has 18 heavy (non-hydrogen) atoms. The molecule has 0 aromatic rings. The zero-order chi connectivity index (χ0) is 13.5. The van der Waals surface area contributed by atoms with Crippen LogP contribution in [0, 0.1) is 5.92 Å². The van der Waals surface area contributed by atoms with Crippen LogP contribution in [0.15, 0.2) is 0 Å². The van der Waals surface area contributed by atoms with E-state index in [9.17, 15) is 9.50 Å². The van der Waals surface area contributed by atoms with E-state index in [1.165, 1.54) is 64.2 Å². The van der Waals surface area contributed by atoms with Crippen molar-refractivity contribution in [1.82, 2.24) is 0 Å². The van der Waals surface area contributed by atoms with Gasteiger partial charge in [-0.2, -0.15) is 0 Å². The zero-order valence-corrected chi connectivity index (χ0v) is 12.3. The fraction of sp³-hybridized carbons (Fsp3) is 1.00. The molecule has 110 valence electrons. The number of hydrogen-bond donors (Lipinski definition) is 1. The highest BCUT2D eigenvalue weighted by molar-refractivity contribution is 4.59. The number of aliphatic hydroxyl groups is 1. The van der Waals surface area contributed by atoms with E-state index in [0.717, 1.165) is 12.8 Å². The van der Waals surface area contributed by atoms with Gasteiger partial charge in [0.2, 0.25) is 0 Å². The Bertz CT molecular complexity index is 150. The molecule has 0 rings (SSSR count). The molecule has 0 amide bonds. The van der Waals surface area contributed by atoms with E-state index in [2.05, 4.69) is 6.92 Å². The van der Waals surface area contributed by atoms with Crippen LogP contribution in [0.4, 0.5) is 4.39 Å². The van der Waals surface area contributed by atoms with Crippen molar-refractivity contribution in [2.45, 2.75) is 84.0 Å². The van der Waals surface area contributed by atoms with E-state index in [1.54, 1.807) is 0 Å². The monoisotopic (exact) mass is 260 g/mol. The molecule has 1 nitrogen and oxygen atoms in total. The molecule has 2 heteroatoms. The first-order valence-corrected chi connectivity index (χ1v) is 8.02. The molecule has 0 fully saturated rings. The summed E-state index contributed by atoms with van der Waals surface area (Å²) in [5, 5.41) is 9.31. The van der Waals surface area contributed by atoms with E-state index in [4.69, 9.17) is 0 Å². The van der Waals surface area contributed by atoms with Crippen LogP contribution in [0.1, 0.15) is 84.0 Å². The van der Waals surface area contributed by atoms with Crippen molar-refractivity contribution in [3.05, 3.63) is 0 Å². The van der Waals surface area contributed by atoms with Gasteiger partial charge in [0.1, 0.15) is 0 Å². The molecule has 0 aromatic carbocycles. The van der Waals surface area contributed by atoms with Crippen LogP contribution in [0.3, 0.4) is 0 Å². The molecule has 1 N–H and O–H groups in total. The van der Waals surface area contributed by atoms with Gasteiger partial charge in [0.15, 0.2) is 0 Å². The molecule has 0 aliphatic rings. The number of rotatable bonds is 14. The highest BCUT2D eigenvalue weighted by Crippen LogP contribution is 2.18. The number of hydrogen-bond acceptors (Lipinski definition) is 1. The van der Waals surface area contributed by atoms with Crippen LogP contribution in [0.5, 0.6) is 0 Å². The summed E-state index contributed by atoms with van der Waals surface area (Å²) in [6.45, 7) is 2.42. The molecule has 0 bridgehead atoms. The predicted molar refractivity (Wildman–Crippen MR) is 77.6 cm³/mol. The summed E-state index contributed by atoms with van der Waals surface area (Å²) in [4.78, 5) is 0. The third-order valence-corrected chi connectivity index (χ3v) is 3.72. The van der Waals surface area contributed by atoms with Crippen LogP contribution in [0.25, 0.3) is 0 Å². The highest BCUT2D eigenvalue weighted by Gasteiger charge is 2.06. The van der Waals surface area contributed by atoms with Gasteiger partial charge in [-0.05, 0) is 25.2 Å². The van der Waals surface area contributed by atoms with Gasteiger partial charge in [-0.15, -0.1) is 0 Å². The second-order valence-electron chi connectivity index (χ2n) is 5.50. The lowest BCUT2D eigenvalue weighted by molar-refractivity contribution is 0.204. The Kier molecular flexibility index (Phi) is 14.9. The third-order valence-electron chi connectivity index (χ3n) is 3.72. The van der Waals surface area contributed by atoms with E-state index in [-0.39, 0.29) is 6.67 Å². The van der Waals surface area contributed by atoms with Gasteiger partial charge < -0.3 is 5.11 Å². The quantitative estimate of drug-likeness (QED) is 0.422. The Morgan fingerprint density at radius 3 is 1.78 bits per heavy atom. The van der Waals surface area contributed by atoms with Crippen molar-refractivity contribution in [3.8, 4) is 0 Å². The second kappa shape index (κ2) is 14.9. The van der Waals surface area contributed by atoms with E-state index < -0.39 is 0 Å². The molecule has 0 spiro atoms. The Morgan fingerprint density at radius 2 is 1.28 bits per heavy atom. The summed E-state index contributed by atoms with van der Waals surface area (Å²) < 4.78 is 11.9. The summed E-state index contributed by atoms with van der Waals surface area (Å²) in [5.74, 6) is 0.521. The first kappa shape index (κ1) is 17.9. The number of aliphatic hydroxyl groups excluding tert-OH is 1. The van der Waals surface area contributed by atoms with Crippen LogP contribution in [-0.4, -0.2) is 18.4 Å². The average molecular weight is 260 g/mol. The van der Waals surface area contributed by atoms with Crippen LogP contribution < -0.4 is 0 Å². The van der Waals surface area contributed by atoms with E-state index in [0.29, 0.717) is 12.5 Å². The Labute approximate surface area is 113 Å². The molecule has 0 aromatic heterocycles. The topological polar surface area (TPSA) is 20.2 Å². The smallest absolute Gasteiger partial charge is 0.0894 e. The third kappa shape index (κ3) is 12.3. The minimum atomic E-state index is -0.162. The fourth-order valence-corrected chi connectivity index (χ4v) is 2.42. The van der Waals surface area contributed by atoms with Crippen LogP contribution in [-0.2, 0) is 0 Å². The molecule has 0 aliphatic carbocycles. The second-order valence-corrected chi connectivity index (χ2v) is 5.50. The highest BCUT2D eigenvalue weighted by atomic mass is 19.1. The van der Waals surface area contributed by atoms with Crippen LogP contribution in [0.2, 0.25) is 0 Å². The number of halogens is 1. The standard InChI is InChI=1S/C16H33FO/c1-2-3-4-9-12-16(15-18)13-10-7-5-6-8-11-14-17/h16,18H,2-15H2,1H3. The van der Waals surface area contributed by atoms with Gasteiger partial charge in [0, 0.05) is 6.61 Å². The predicted octanol–water partition coefficient (Wildman–Crippen LogP) is 5.27. The lowest BCUT2D eigenvalue weighted by Gasteiger charge is -2.13. The van der Waals surface area contributed by atoms with Gasteiger partial charge in [-0.1, -0.05) is 64.7 Å². The van der Waals surface area contributed by atoms with Gasteiger partial charge in [0.25, 0.3) is 0 Å². The SMILES string of the molecule is CCCCCCC(CO)CCCCCCCCF. The fourth-order valence-electron chi connectivity index (χ4n) is 2.42. The van der Waals surface area contributed by atoms with Crippen molar-refractivity contribution in [2.75, 3.05) is 13.3 Å². The molecule has 0 radical (unpaired) electrons. The maximum atomic E-state index is 11.9. The summed E-state index contributed by atoms with van der Waals surface area (Å²) in [7, 11) is 0. The van der Waals surface area contributed by atoms with Gasteiger partial charge >= 0.3 is 0 Å². The summed E-state index contributed by atoms with van der Waals surface area (Å²) in [6.07, 6.45) is 14.2. The van der Waals surface area contributed by atoms with Gasteiger partial charge in [-0.3, -0.25) is 4.39 Å². The van der Waals surface area contributed by atoms with Crippen molar-refractivity contribution in [2.24, 2.45) is 5.92 Å². The van der Waals surface area contributed by atoms with E-state index >= 15 is 0 Å². The number of unbranched alkanes of at least 4 members (excludes halogenated alkanes) is 8. The Hall–Kier alpha value is -0.110. The zero-order valence-electron chi connectivity index (χ0n) is 12.3. The largest absolute Gasteiger partial charge is 0.396 e. The lowest BCUT2D eigenvalue weighted by Crippen LogP contribution is -2.06. The normalized spacial score (nSPS) is 12.8. The first-order chi connectivity index (χ1) is 8.85. The molecular formula is C16H33FO. The summed E-state index contributed by atoms with van der Waals surface area (Å²) >= 11 is 0.